The quantitative estimate of drug-likeness (QED) is 0.568. The van der Waals surface area contributed by atoms with Gasteiger partial charge in [0, 0.05) is 38.3 Å². The van der Waals surface area contributed by atoms with Crippen LogP contribution in [0.1, 0.15) is 24.0 Å². The maximum atomic E-state index is 10.4. The summed E-state index contributed by atoms with van der Waals surface area (Å²) < 4.78 is 11.3. The molecular formula is C23H32N2O4. The fraction of sp³-hybridized carbons (Fsp3) is 0.478. The second kappa shape index (κ2) is 11.2. The minimum absolute atomic E-state index is 0.204. The Morgan fingerprint density at radius 2 is 1.86 bits per heavy atom. The second-order valence-corrected chi connectivity index (χ2v) is 7.56. The van der Waals surface area contributed by atoms with Crippen LogP contribution in [0.3, 0.4) is 0 Å². The lowest BCUT2D eigenvalue weighted by atomic mass is 10.1. The van der Waals surface area contributed by atoms with Gasteiger partial charge in [-0.15, -0.1) is 0 Å². The average molecular weight is 401 g/mol. The van der Waals surface area contributed by atoms with E-state index in [-0.39, 0.29) is 12.7 Å². The van der Waals surface area contributed by atoms with E-state index in [9.17, 15) is 10.2 Å². The summed E-state index contributed by atoms with van der Waals surface area (Å²) in [5.41, 5.74) is 2.22. The van der Waals surface area contributed by atoms with Gasteiger partial charge in [0.2, 0.25) is 0 Å². The molecule has 1 aliphatic heterocycles. The number of β-amino-alcohol motifs (C(OH)–C–C–N with tert-alkyl or cyclic N) is 1. The lowest BCUT2D eigenvalue weighted by Gasteiger charge is -2.31. The van der Waals surface area contributed by atoms with Crippen LogP contribution in [-0.4, -0.2) is 60.7 Å². The summed E-state index contributed by atoms with van der Waals surface area (Å²) in [7, 11) is 1.65. The van der Waals surface area contributed by atoms with Crippen LogP contribution in [0.2, 0.25) is 0 Å². The predicted molar refractivity (Wildman–Crippen MR) is 113 cm³/mol. The molecule has 0 aromatic heterocycles. The lowest BCUT2D eigenvalue weighted by Crippen LogP contribution is -2.41. The van der Waals surface area contributed by atoms with Gasteiger partial charge in [-0.2, -0.15) is 0 Å². The van der Waals surface area contributed by atoms with Crippen LogP contribution in [0.25, 0.3) is 0 Å². The van der Waals surface area contributed by atoms with Crippen molar-refractivity contribution in [2.24, 2.45) is 0 Å². The van der Waals surface area contributed by atoms with Crippen molar-refractivity contribution in [2.45, 2.75) is 38.1 Å². The van der Waals surface area contributed by atoms with E-state index < -0.39 is 6.10 Å². The number of aliphatic hydroxyl groups excluding tert-OH is 2. The molecule has 0 amide bonds. The van der Waals surface area contributed by atoms with Gasteiger partial charge in [-0.3, -0.25) is 0 Å². The Morgan fingerprint density at radius 3 is 2.59 bits per heavy atom. The second-order valence-electron chi connectivity index (χ2n) is 7.56. The fourth-order valence-electron chi connectivity index (χ4n) is 3.54. The summed E-state index contributed by atoms with van der Waals surface area (Å²) in [6.45, 7) is 3.83. The molecule has 2 aromatic carbocycles. The minimum atomic E-state index is -0.572. The number of benzene rings is 2. The molecule has 1 fully saturated rings. The normalized spacial score (nSPS) is 16.5. The molecule has 1 aliphatic rings. The number of rotatable bonds is 10. The zero-order valence-corrected chi connectivity index (χ0v) is 17.1. The maximum absolute atomic E-state index is 10.4. The van der Waals surface area contributed by atoms with Crippen LogP contribution in [0.5, 0.6) is 11.5 Å². The topological polar surface area (TPSA) is 74.2 Å². The van der Waals surface area contributed by atoms with Crippen LogP contribution in [-0.2, 0) is 13.1 Å². The minimum Gasteiger partial charge on any atom is -0.497 e. The first kappa shape index (κ1) is 21.6. The molecule has 3 N–H and O–H groups in total. The van der Waals surface area contributed by atoms with Gasteiger partial charge < -0.3 is 29.9 Å². The molecule has 0 radical (unpaired) electrons. The lowest BCUT2D eigenvalue weighted by molar-refractivity contribution is 0.0336. The monoisotopic (exact) mass is 400 g/mol. The van der Waals surface area contributed by atoms with Crippen LogP contribution >= 0.6 is 0 Å². The molecule has 1 saturated heterocycles. The Hall–Kier alpha value is -2.12. The molecule has 0 aliphatic carbocycles. The molecule has 0 saturated carbocycles. The number of nitrogens with one attached hydrogen (secondary N) is 1. The predicted octanol–water partition coefficient (Wildman–Crippen LogP) is 2.18. The third kappa shape index (κ3) is 7.01. The van der Waals surface area contributed by atoms with E-state index in [0.29, 0.717) is 13.1 Å². The van der Waals surface area contributed by atoms with Crippen molar-refractivity contribution in [3.05, 3.63) is 59.7 Å². The molecule has 29 heavy (non-hydrogen) atoms. The average Bonchev–Trinajstić information content (AvgIpc) is 2.75. The van der Waals surface area contributed by atoms with Gasteiger partial charge in [-0.05, 0) is 36.6 Å². The summed E-state index contributed by atoms with van der Waals surface area (Å²) >= 11 is 0. The largest absolute Gasteiger partial charge is 0.497 e. The molecule has 1 atom stereocenters. The summed E-state index contributed by atoms with van der Waals surface area (Å²) in [6, 6.07) is 16.0. The smallest absolute Gasteiger partial charge is 0.124 e. The highest BCUT2D eigenvalue weighted by molar-refractivity contribution is 5.40. The molecule has 6 heteroatoms. The number of hydrogen-bond acceptors (Lipinski definition) is 6. The zero-order valence-electron chi connectivity index (χ0n) is 17.1. The molecule has 1 heterocycles. The van der Waals surface area contributed by atoms with E-state index >= 15 is 0 Å². The summed E-state index contributed by atoms with van der Waals surface area (Å²) in [4.78, 5) is 2.18. The zero-order chi connectivity index (χ0) is 20.5. The maximum Gasteiger partial charge on any atom is 0.124 e. The fourth-order valence-corrected chi connectivity index (χ4v) is 3.54. The van der Waals surface area contributed by atoms with Gasteiger partial charge in [-0.1, -0.05) is 30.3 Å². The van der Waals surface area contributed by atoms with Gasteiger partial charge in [0.1, 0.15) is 24.2 Å². The number of piperidine rings is 1. The van der Waals surface area contributed by atoms with E-state index in [2.05, 4.69) is 22.3 Å². The van der Waals surface area contributed by atoms with Crippen molar-refractivity contribution in [3.63, 3.8) is 0 Å². The highest BCUT2D eigenvalue weighted by Crippen LogP contribution is 2.24. The standard InChI is InChI=1S/C23H32N2O4/c1-28-22-7-8-23(19(13-22)15-24-14-18-5-3-2-4-6-18)29-17-21(27)16-25-11-9-20(26)10-12-25/h2-8,13,20-21,24,26-27H,9-12,14-17H2,1H3/t21-/m0/s1. The van der Waals surface area contributed by atoms with Crippen molar-refractivity contribution in [1.82, 2.24) is 10.2 Å². The number of aliphatic hydroxyl groups is 2. The van der Waals surface area contributed by atoms with E-state index in [1.54, 1.807) is 7.11 Å². The van der Waals surface area contributed by atoms with Crippen molar-refractivity contribution in [1.29, 1.82) is 0 Å². The number of methoxy groups -OCH3 is 1. The van der Waals surface area contributed by atoms with Crippen molar-refractivity contribution < 1.29 is 19.7 Å². The van der Waals surface area contributed by atoms with Gasteiger partial charge in [0.15, 0.2) is 0 Å². The van der Waals surface area contributed by atoms with E-state index in [0.717, 1.165) is 49.5 Å². The highest BCUT2D eigenvalue weighted by atomic mass is 16.5. The number of likely N-dealkylation sites (tertiary alicyclic amines) is 1. The SMILES string of the molecule is COc1ccc(OC[C@@H](O)CN2CCC(O)CC2)c(CNCc2ccccc2)c1. The van der Waals surface area contributed by atoms with Crippen molar-refractivity contribution in [2.75, 3.05) is 33.4 Å². The molecule has 0 unspecified atom stereocenters. The highest BCUT2D eigenvalue weighted by Gasteiger charge is 2.19. The molecule has 2 aromatic rings. The number of hydrogen-bond donors (Lipinski definition) is 3. The first-order chi connectivity index (χ1) is 14.1. The van der Waals surface area contributed by atoms with Gasteiger partial charge >= 0.3 is 0 Å². The summed E-state index contributed by atoms with van der Waals surface area (Å²) in [5.74, 6) is 1.53. The summed E-state index contributed by atoms with van der Waals surface area (Å²) in [6.07, 6.45) is 0.759. The third-order valence-corrected chi connectivity index (χ3v) is 5.21. The summed E-state index contributed by atoms with van der Waals surface area (Å²) in [5, 5.41) is 23.4. The van der Waals surface area contributed by atoms with Gasteiger partial charge in [0.05, 0.1) is 13.2 Å². The number of ether oxygens (including phenoxy) is 2. The number of nitrogens with zero attached hydrogens (tertiary/aromatic N) is 1. The molecule has 0 bridgehead atoms. The van der Waals surface area contributed by atoms with Crippen molar-refractivity contribution in [3.8, 4) is 11.5 Å². The molecule has 0 spiro atoms. The Labute approximate surface area is 173 Å². The van der Waals surface area contributed by atoms with Crippen LogP contribution in [0, 0.1) is 0 Å². The molecule has 3 rings (SSSR count). The molecule has 6 nitrogen and oxygen atoms in total. The van der Waals surface area contributed by atoms with Crippen LogP contribution in [0.15, 0.2) is 48.5 Å². The first-order valence-electron chi connectivity index (χ1n) is 10.3. The molecular weight excluding hydrogens is 368 g/mol. The van der Waals surface area contributed by atoms with E-state index in [4.69, 9.17) is 9.47 Å². The van der Waals surface area contributed by atoms with Crippen LogP contribution < -0.4 is 14.8 Å². The third-order valence-electron chi connectivity index (χ3n) is 5.21. The van der Waals surface area contributed by atoms with Gasteiger partial charge in [-0.25, -0.2) is 0 Å². The van der Waals surface area contributed by atoms with E-state index in [1.807, 2.05) is 36.4 Å². The first-order valence-corrected chi connectivity index (χ1v) is 10.3. The Balaban J connectivity index is 1.52. The van der Waals surface area contributed by atoms with Gasteiger partial charge in [0.25, 0.3) is 0 Å². The molecule has 158 valence electrons. The Bertz CT molecular complexity index is 733. The van der Waals surface area contributed by atoms with Crippen molar-refractivity contribution >= 4 is 0 Å². The van der Waals surface area contributed by atoms with Crippen LogP contribution in [0.4, 0.5) is 0 Å². The Kier molecular flexibility index (Phi) is 8.31. The Morgan fingerprint density at radius 1 is 1.10 bits per heavy atom. The van der Waals surface area contributed by atoms with E-state index in [1.165, 1.54) is 5.56 Å².